The Labute approximate surface area is 123 Å². The summed E-state index contributed by atoms with van der Waals surface area (Å²) in [5.41, 5.74) is 5.86. The number of hydrogen-bond acceptors (Lipinski definition) is 4. The van der Waals surface area contributed by atoms with Crippen molar-refractivity contribution in [1.82, 2.24) is 15.1 Å². The van der Waals surface area contributed by atoms with Crippen LogP contribution in [0, 0.1) is 10.1 Å². The summed E-state index contributed by atoms with van der Waals surface area (Å²) in [6.07, 6.45) is 9.98. The van der Waals surface area contributed by atoms with E-state index in [2.05, 4.69) is 15.4 Å². The minimum atomic E-state index is -0.464. The quantitative estimate of drug-likeness (QED) is 0.280. The molecule has 0 atom stereocenters. The van der Waals surface area contributed by atoms with Gasteiger partial charge >= 0.3 is 5.69 Å². The zero-order valence-electron chi connectivity index (χ0n) is 12.1. The average Bonchev–Trinajstić information content (AvgIpc) is 2.77. The summed E-state index contributed by atoms with van der Waals surface area (Å²) in [5.74, 6) is 0.448. The maximum absolute atomic E-state index is 10.5. The van der Waals surface area contributed by atoms with Gasteiger partial charge in [-0.3, -0.25) is 19.8 Å². The Morgan fingerprint density at radius 3 is 2.81 bits per heavy atom. The van der Waals surface area contributed by atoms with Crippen LogP contribution < -0.4 is 11.1 Å². The van der Waals surface area contributed by atoms with Gasteiger partial charge in [0.2, 0.25) is 0 Å². The third-order valence-electron chi connectivity index (χ3n) is 3.65. The fourth-order valence-corrected chi connectivity index (χ4v) is 2.52. The van der Waals surface area contributed by atoms with Gasteiger partial charge in [0.05, 0.1) is 18.0 Å². The van der Waals surface area contributed by atoms with Crippen LogP contribution in [0.15, 0.2) is 17.4 Å². The van der Waals surface area contributed by atoms with E-state index in [-0.39, 0.29) is 5.69 Å². The summed E-state index contributed by atoms with van der Waals surface area (Å²) < 4.78 is 1.50. The van der Waals surface area contributed by atoms with Gasteiger partial charge in [-0.2, -0.15) is 5.10 Å². The standard InChI is InChI=1S/C13H22N6O2/c14-13(17-11-5-3-1-2-4-6-11)15-7-8-18-10-12(9-16-18)19(20)21/h9-11H,1-8H2,(H3,14,15,17). The molecule has 1 heterocycles. The molecule has 0 unspecified atom stereocenters. The Kier molecular flexibility index (Phi) is 5.53. The van der Waals surface area contributed by atoms with Gasteiger partial charge in [0.15, 0.2) is 5.96 Å². The van der Waals surface area contributed by atoms with Crippen LogP contribution in [0.4, 0.5) is 5.69 Å². The van der Waals surface area contributed by atoms with Crippen molar-refractivity contribution in [3.63, 3.8) is 0 Å². The fraction of sp³-hybridized carbons (Fsp3) is 0.692. The van der Waals surface area contributed by atoms with Gasteiger partial charge in [-0.1, -0.05) is 25.7 Å². The van der Waals surface area contributed by atoms with E-state index in [4.69, 9.17) is 5.73 Å². The summed E-state index contributed by atoms with van der Waals surface area (Å²) >= 11 is 0. The zero-order chi connectivity index (χ0) is 15.1. The number of aliphatic imine (C=N–C) groups is 1. The van der Waals surface area contributed by atoms with E-state index in [9.17, 15) is 10.1 Å². The second-order valence-corrected chi connectivity index (χ2v) is 5.32. The predicted molar refractivity (Wildman–Crippen MR) is 80.0 cm³/mol. The van der Waals surface area contributed by atoms with Gasteiger partial charge < -0.3 is 11.1 Å². The van der Waals surface area contributed by atoms with E-state index in [1.165, 1.54) is 42.8 Å². The van der Waals surface area contributed by atoms with Gasteiger partial charge in [-0.15, -0.1) is 0 Å². The molecular formula is C13H22N6O2. The molecule has 116 valence electrons. The van der Waals surface area contributed by atoms with Crippen LogP contribution in [0.5, 0.6) is 0 Å². The number of nitro groups is 1. The number of rotatable bonds is 5. The van der Waals surface area contributed by atoms with Crippen molar-refractivity contribution < 1.29 is 4.92 Å². The lowest BCUT2D eigenvalue weighted by Crippen LogP contribution is -2.40. The molecule has 0 aromatic carbocycles. The number of hydrogen-bond donors (Lipinski definition) is 2. The lowest BCUT2D eigenvalue weighted by molar-refractivity contribution is -0.385. The Morgan fingerprint density at radius 2 is 2.19 bits per heavy atom. The highest BCUT2D eigenvalue weighted by atomic mass is 16.6. The molecule has 0 aliphatic heterocycles. The molecule has 8 nitrogen and oxygen atoms in total. The molecular weight excluding hydrogens is 272 g/mol. The van der Waals surface area contributed by atoms with Crippen LogP contribution in [0.25, 0.3) is 0 Å². The van der Waals surface area contributed by atoms with E-state index < -0.39 is 4.92 Å². The van der Waals surface area contributed by atoms with Gasteiger partial charge in [0.1, 0.15) is 12.4 Å². The van der Waals surface area contributed by atoms with Crippen LogP contribution in [0.1, 0.15) is 38.5 Å². The third-order valence-corrected chi connectivity index (χ3v) is 3.65. The van der Waals surface area contributed by atoms with Gasteiger partial charge in [0, 0.05) is 6.04 Å². The number of nitrogens with zero attached hydrogens (tertiary/aromatic N) is 4. The van der Waals surface area contributed by atoms with Crippen molar-refractivity contribution in [1.29, 1.82) is 0 Å². The minimum Gasteiger partial charge on any atom is -0.370 e. The van der Waals surface area contributed by atoms with Crippen molar-refractivity contribution in [2.24, 2.45) is 10.7 Å². The van der Waals surface area contributed by atoms with Crippen molar-refractivity contribution >= 4 is 11.6 Å². The summed E-state index contributed by atoms with van der Waals surface area (Å²) in [6.45, 7) is 0.922. The smallest absolute Gasteiger partial charge is 0.306 e. The molecule has 1 aromatic heterocycles. The molecule has 0 amide bonds. The van der Waals surface area contributed by atoms with Crippen LogP contribution in [-0.4, -0.2) is 33.2 Å². The molecule has 1 saturated carbocycles. The highest BCUT2D eigenvalue weighted by Crippen LogP contribution is 2.16. The maximum atomic E-state index is 10.5. The molecule has 8 heteroatoms. The van der Waals surface area contributed by atoms with E-state index in [1.807, 2.05) is 0 Å². The summed E-state index contributed by atoms with van der Waals surface area (Å²) in [4.78, 5) is 14.3. The van der Waals surface area contributed by atoms with Gasteiger partial charge in [0.25, 0.3) is 0 Å². The molecule has 0 spiro atoms. The van der Waals surface area contributed by atoms with E-state index >= 15 is 0 Å². The Hall–Kier alpha value is -2.12. The molecule has 21 heavy (non-hydrogen) atoms. The van der Waals surface area contributed by atoms with Crippen LogP contribution in [0.3, 0.4) is 0 Å². The lowest BCUT2D eigenvalue weighted by atomic mass is 10.1. The minimum absolute atomic E-state index is 0.0106. The van der Waals surface area contributed by atoms with Gasteiger partial charge in [-0.05, 0) is 12.8 Å². The van der Waals surface area contributed by atoms with Crippen LogP contribution in [0.2, 0.25) is 0 Å². The van der Waals surface area contributed by atoms with Crippen LogP contribution in [-0.2, 0) is 6.54 Å². The monoisotopic (exact) mass is 294 g/mol. The Morgan fingerprint density at radius 1 is 1.48 bits per heavy atom. The predicted octanol–water partition coefficient (Wildman–Crippen LogP) is 1.42. The molecule has 1 aliphatic carbocycles. The molecule has 0 bridgehead atoms. The highest BCUT2D eigenvalue weighted by molar-refractivity contribution is 5.78. The number of guanidine groups is 1. The Bertz CT molecular complexity index is 491. The summed E-state index contributed by atoms with van der Waals surface area (Å²) in [5, 5.41) is 17.7. The largest absolute Gasteiger partial charge is 0.370 e. The first kappa shape index (κ1) is 15.3. The second kappa shape index (κ2) is 7.61. The summed E-state index contributed by atoms with van der Waals surface area (Å²) in [7, 11) is 0. The Balaban J connectivity index is 1.75. The average molecular weight is 294 g/mol. The van der Waals surface area contributed by atoms with Crippen LogP contribution >= 0.6 is 0 Å². The number of nitrogens with two attached hydrogens (primary N) is 1. The molecule has 0 saturated heterocycles. The molecule has 1 aliphatic rings. The normalized spacial score (nSPS) is 17.4. The highest BCUT2D eigenvalue weighted by Gasteiger charge is 2.12. The van der Waals surface area contributed by atoms with Crippen molar-refractivity contribution in [2.45, 2.75) is 51.1 Å². The molecule has 1 aromatic rings. The third kappa shape index (κ3) is 5.05. The molecule has 3 N–H and O–H groups in total. The SMILES string of the molecule is NC(=NCCn1cc([N+](=O)[O-])cn1)NC1CCCCCC1. The topological polar surface area (TPSA) is 111 Å². The first-order valence-corrected chi connectivity index (χ1v) is 7.38. The van der Waals surface area contributed by atoms with Crippen molar-refractivity contribution in [3.8, 4) is 0 Å². The van der Waals surface area contributed by atoms with Crippen molar-refractivity contribution in [2.75, 3.05) is 6.54 Å². The molecule has 2 rings (SSSR count). The molecule has 1 fully saturated rings. The summed E-state index contributed by atoms with van der Waals surface area (Å²) in [6, 6.07) is 0.419. The number of aromatic nitrogens is 2. The zero-order valence-corrected chi connectivity index (χ0v) is 12.1. The fourth-order valence-electron chi connectivity index (χ4n) is 2.52. The molecule has 0 radical (unpaired) electrons. The number of nitrogens with one attached hydrogen (secondary N) is 1. The van der Waals surface area contributed by atoms with E-state index in [0.29, 0.717) is 25.1 Å². The van der Waals surface area contributed by atoms with E-state index in [0.717, 1.165) is 12.8 Å². The maximum Gasteiger partial charge on any atom is 0.306 e. The second-order valence-electron chi connectivity index (χ2n) is 5.32. The van der Waals surface area contributed by atoms with Crippen molar-refractivity contribution in [3.05, 3.63) is 22.5 Å². The lowest BCUT2D eigenvalue weighted by Gasteiger charge is -2.16. The van der Waals surface area contributed by atoms with E-state index in [1.54, 1.807) is 0 Å². The first-order valence-electron chi connectivity index (χ1n) is 7.38. The first-order chi connectivity index (χ1) is 10.1. The van der Waals surface area contributed by atoms with Gasteiger partial charge in [-0.25, -0.2) is 0 Å².